The van der Waals surface area contributed by atoms with Crippen LogP contribution in [-0.2, 0) is 20.7 Å². The van der Waals surface area contributed by atoms with E-state index in [1.54, 1.807) is 0 Å². The van der Waals surface area contributed by atoms with Crippen LogP contribution in [0.15, 0.2) is 24.3 Å². The summed E-state index contributed by atoms with van der Waals surface area (Å²) in [6.45, 7) is 10.5. The number of hydroxylamine groups is 2. The third-order valence-corrected chi connectivity index (χ3v) is 4.63. The Balaban J connectivity index is 1.91. The first-order valence-corrected chi connectivity index (χ1v) is 7.59. The maximum Gasteiger partial charge on any atom is 0.103 e. The number of hydrogen-bond donors (Lipinski definition) is 0. The van der Waals surface area contributed by atoms with Crippen LogP contribution >= 0.6 is 0 Å². The molecule has 1 fully saturated rings. The molecule has 20 heavy (non-hydrogen) atoms. The van der Waals surface area contributed by atoms with Gasteiger partial charge < -0.3 is 4.74 Å². The van der Waals surface area contributed by atoms with E-state index >= 15 is 0 Å². The van der Waals surface area contributed by atoms with Crippen molar-refractivity contribution < 1.29 is 9.57 Å². The normalized spacial score (nSPS) is 28.3. The number of nitrogens with zero attached hydrogens (tertiary/aromatic N) is 1. The van der Waals surface area contributed by atoms with Crippen molar-refractivity contribution in [2.24, 2.45) is 0 Å². The molecule has 3 nitrogen and oxygen atoms in total. The fourth-order valence-corrected chi connectivity index (χ4v) is 3.67. The minimum Gasteiger partial charge on any atom is -0.379 e. The van der Waals surface area contributed by atoms with Gasteiger partial charge in [0.1, 0.15) is 6.10 Å². The number of ether oxygens (including phenoxy) is 1. The van der Waals surface area contributed by atoms with Gasteiger partial charge in [-0.1, -0.05) is 24.3 Å². The van der Waals surface area contributed by atoms with Crippen LogP contribution in [0.5, 0.6) is 0 Å². The SMILES string of the molecule is CC1(C)c2ccccc2C(C)(C)N1OC1CCCOC1. The molecule has 0 spiro atoms. The smallest absolute Gasteiger partial charge is 0.103 e. The average molecular weight is 275 g/mol. The Bertz CT molecular complexity index is 455. The molecule has 2 aliphatic heterocycles. The van der Waals surface area contributed by atoms with Crippen LogP contribution < -0.4 is 0 Å². The molecule has 0 amide bonds. The molecule has 0 bridgehead atoms. The highest BCUT2D eigenvalue weighted by atomic mass is 16.7. The van der Waals surface area contributed by atoms with Crippen molar-refractivity contribution in [3.05, 3.63) is 35.4 Å². The van der Waals surface area contributed by atoms with Gasteiger partial charge in [0.05, 0.1) is 17.7 Å². The van der Waals surface area contributed by atoms with E-state index in [-0.39, 0.29) is 17.2 Å². The van der Waals surface area contributed by atoms with Gasteiger partial charge in [0, 0.05) is 6.61 Å². The summed E-state index contributed by atoms with van der Waals surface area (Å²) >= 11 is 0. The zero-order valence-corrected chi connectivity index (χ0v) is 13.0. The highest BCUT2D eigenvalue weighted by Crippen LogP contribution is 2.49. The van der Waals surface area contributed by atoms with Gasteiger partial charge in [-0.2, -0.15) is 5.06 Å². The first-order chi connectivity index (χ1) is 9.44. The van der Waals surface area contributed by atoms with E-state index in [4.69, 9.17) is 9.57 Å². The van der Waals surface area contributed by atoms with E-state index in [1.165, 1.54) is 11.1 Å². The molecule has 0 aromatic heterocycles. The van der Waals surface area contributed by atoms with E-state index in [1.807, 2.05) is 0 Å². The predicted molar refractivity (Wildman–Crippen MR) is 79.3 cm³/mol. The van der Waals surface area contributed by atoms with E-state index < -0.39 is 0 Å². The van der Waals surface area contributed by atoms with Crippen molar-refractivity contribution in [3.8, 4) is 0 Å². The molecule has 1 aromatic rings. The zero-order chi connectivity index (χ0) is 14.4. The maximum absolute atomic E-state index is 6.37. The number of rotatable bonds is 2. The van der Waals surface area contributed by atoms with Gasteiger partial charge in [0.15, 0.2) is 0 Å². The molecule has 3 heteroatoms. The standard InChI is InChI=1S/C17H25NO2/c1-16(2)14-9-5-6-10-15(14)17(3,4)18(16)20-13-8-7-11-19-12-13/h5-6,9-10,13H,7-8,11-12H2,1-4H3. The first kappa shape index (κ1) is 14.1. The Hall–Kier alpha value is -0.900. The molecule has 3 rings (SSSR count). The second-order valence-electron chi connectivity index (χ2n) is 6.90. The van der Waals surface area contributed by atoms with Crippen LogP contribution in [0.4, 0.5) is 0 Å². The molecule has 0 N–H and O–H groups in total. The van der Waals surface area contributed by atoms with Gasteiger partial charge in [-0.3, -0.25) is 4.84 Å². The molecule has 1 saturated heterocycles. The van der Waals surface area contributed by atoms with Gasteiger partial charge in [0.25, 0.3) is 0 Å². The fraction of sp³-hybridized carbons (Fsp3) is 0.647. The number of benzene rings is 1. The van der Waals surface area contributed by atoms with Crippen molar-refractivity contribution >= 4 is 0 Å². The molecule has 1 atom stereocenters. The van der Waals surface area contributed by atoms with Gasteiger partial charge >= 0.3 is 0 Å². The minimum absolute atomic E-state index is 0.114. The Labute approximate surface area is 121 Å². The van der Waals surface area contributed by atoms with Crippen LogP contribution in [0.3, 0.4) is 0 Å². The second kappa shape index (κ2) is 4.83. The largest absolute Gasteiger partial charge is 0.379 e. The highest BCUT2D eigenvalue weighted by molar-refractivity contribution is 5.42. The summed E-state index contributed by atoms with van der Waals surface area (Å²) in [5, 5.41) is 2.18. The van der Waals surface area contributed by atoms with Crippen molar-refractivity contribution in [1.82, 2.24) is 5.06 Å². The van der Waals surface area contributed by atoms with Gasteiger partial charge in [-0.05, 0) is 51.7 Å². The monoisotopic (exact) mass is 275 g/mol. The Morgan fingerprint density at radius 2 is 1.70 bits per heavy atom. The zero-order valence-electron chi connectivity index (χ0n) is 13.0. The lowest BCUT2D eigenvalue weighted by molar-refractivity contribution is -0.299. The third kappa shape index (κ3) is 2.09. The predicted octanol–water partition coefficient (Wildman–Crippen LogP) is 3.58. The summed E-state index contributed by atoms with van der Waals surface area (Å²) < 4.78 is 5.55. The molecule has 2 heterocycles. The van der Waals surface area contributed by atoms with Crippen molar-refractivity contribution in [3.63, 3.8) is 0 Å². The Morgan fingerprint density at radius 1 is 1.10 bits per heavy atom. The van der Waals surface area contributed by atoms with Crippen molar-refractivity contribution in [2.75, 3.05) is 13.2 Å². The molecule has 0 radical (unpaired) electrons. The van der Waals surface area contributed by atoms with E-state index in [2.05, 4.69) is 57.0 Å². The van der Waals surface area contributed by atoms with E-state index in [9.17, 15) is 0 Å². The highest BCUT2D eigenvalue weighted by Gasteiger charge is 2.50. The van der Waals surface area contributed by atoms with Crippen molar-refractivity contribution in [1.29, 1.82) is 0 Å². The fourth-order valence-electron chi connectivity index (χ4n) is 3.67. The molecular weight excluding hydrogens is 250 g/mol. The summed E-state index contributed by atoms with van der Waals surface area (Å²) in [6, 6.07) is 8.67. The van der Waals surface area contributed by atoms with Gasteiger partial charge in [0.2, 0.25) is 0 Å². The summed E-state index contributed by atoms with van der Waals surface area (Å²) in [7, 11) is 0. The summed E-state index contributed by atoms with van der Waals surface area (Å²) in [5.41, 5.74) is 2.50. The quantitative estimate of drug-likeness (QED) is 0.823. The summed E-state index contributed by atoms with van der Waals surface area (Å²) in [4.78, 5) is 6.37. The molecule has 1 unspecified atom stereocenters. The lowest BCUT2D eigenvalue weighted by Gasteiger charge is -2.42. The molecule has 1 aromatic carbocycles. The molecule has 2 aliphatic rings. The topological polar surface area (TPSA) is 21.7 Å². The second-order valence-corrected chi connectivity index (χ2v) is 6.90. The van der Waals surface area contributed by atoms with Crippen LogP contribution in [-0.4, -0.2) is 24.4 Å². The van der Waals surface area contributed by atoms with Crippen LogP contribution in [0.1, 0.15) is 51.7 Å². The average Bonchev–Trinajstić information content (AvgIpc) is 2.59. The lowest BCUT2D eigenvalue weighted by Crippen LogP contribution is -2.48. The van der Waals surface area contributed by atoms with E-state index in [0.717, 1.165) is 19.4 Å². The summed E-state index contributed by atoms with van der Waals surface area (Å²) in [6.07, 6.45) is 2.35. The minimum atomic E-state index is -0.114. The first-order valence-electron chi connectivity index (χ1n) is 7.59. The molecule has 0 aliphatic carbocycles. The van der Waals surface area contributed by atoms with Gasteiger partial charge in [-0.15, -0.1) is 0 Å². The summed E-state index contributed by atoms with van der Waals surface area (Å²) in [5.74, 6) is 0. The number of hydrogen-bond acceptors (Lipinski definition) is 3. The maximum atomic E-state index is 6.37. The molecule has 0 saturated carbocycles. The Morgan fingerprint density at radius 3 is 2.20 bits per heavy atom. The number of fused-ring (bicyclic) bond motifs is 1. The van der Waals surface area contributed by atoms with E-state index in [0.29, 0.717) is 6.61 Å². The molecule has 110 valence electrons. The van der Waals surface area contributed by atoms with Crippen molar-refractivity contribution in [2.45, 2.75) is 57.7 Å². The molecular formula is C17H25NO2. The van der Waals surface area contributed by atoms with Crippen LogP contribution in [0.2, 0.25) is 0 Å². The lowest BCUT2D eigenvalue weighted by atomic mass is 9.91. The van der Waals surface area contributed by atoms with Gasteiger partial charge in [-0.25, -0.2) is 0 Å². The van der Waals surface area contributed by atoms with Crippen LogP contribution in [0.25, 0.3) is 0 Å². The van der Waals surface area contributed by atoms with Crippen LogP contribution in [0, 0.1) is 0 Å². The Kier molecular flexibility index (Phi) is 3.39. The third-order valence-electron chi connectivity index (χ3n) is 4.63.